The summed E-state index contributed by atoms with van der Waals surface area (Å²) in [6.45, 7) is 5.65. The zero-order chi connectivity index (χ0) is 19.4. The highest BCUT2D eigenvalue weighted by atomic mass is 32.2. The average Bonchev–Trinajstić information content (AvgIpc) is 2.65. The number of amides is 1. The van der Waals surface area contributed by atoms with E-state index in [0.717, 1.165) is 37.1 Å². The van der Waals surface area contributed by atoms with E-state index in [2.05, 4.69) is 15.4 Å². The molecule has 144 valence electrons. The number of piperidine rings is 1. The number of carbonyl (C=O) groups excluding carboxylic acids is 1. The second-order valence-electron chi connectivity index (χ2n) is 6.95. The molecule has 7 heteroatoms. The van der Waals surface area contributed by atoms with Crippen molar-refractivity contribution in [1.29, 1.82) is 0 Å². The fourth-order valence-corrected chi connectivity index (χ4v) is 4.10. The van der Waals surface area contributed by atoms with Gasteiger partial charge in [0.15, 0.2) is 0 Å². The van der Waals surface area contributed by atoms with Crippen LogP contribution >= 0.6 is 0 Å². The highest BCUT2D eigenvalue weighted by molar-refractivity contribution is 7.92. The van der Waals surface area contributed by atoms with Crippen molar-refractivity contribution >= 4 is 21.6 Å². The van der Waals surface area contributed by atoms with E-state index in [9.17, 15) is 13.2 Å². The summed E-state index contributed by atoms with van der Waals surface area (Å²) in [6, 6.07) is 11.5. The lowest BCUT2D eigenvalue weighted by atomic mass is 10.1. The smallest absolute Gasteiger partial charge is 0.261 e. The molecule has 2 aromatic carbocycles. The largest absolute Gasteiger partial charge is 0.348 e. The van der Waals surface area contributed by atoms with E-state index in [1.54, 1.807) is 24.3 Å². The summed E-state index contributed by atoms with van der Waals surface area (Å²) in [5, 5.41) is 6.23. The van der Waals surface area contributed by atoms with Crippen molar-refractivity contribution in [1.82, 2.24) is 10.6 Å². The second kappa shape index (κ2) is 8.10. The van der Waals surface area contributed by atoms with Crippen LogP contribution in [0.4, 0.5) is 5.69 Å². The molecule has 1 amide bonds. The zero-order valence-corrected chi connectivity index (χ0v) is 16.4. The molecule has 1 heterocycles. The van der Waals surface area contributed by atoms with Crippen molar-refractivity contribution in [3.8, 4) is 0 Å². The summed E-state index contributed by atoms with van der Waals surface area (Å²) in [5.74, 6) is -0.185. The molecule has 1 aliphatic rings. The van der Waals surface area contributed by atoms with Crippen molar-refractivity contribution in [2.75, 3.05) is 17.8 Å². The van der Waals surface area contributed by atoms with Crippen LogP contribution in [-0.4, -0.2) is 33.5 Å². The lowest BCUT2D eigenvalue weighted by molar-refractivity contribution is 0.0930. The van der Waals surface area contributed by atoms with Crippen LogP contribution < -0.4 is 15.4 Å². The molecule has 0 bridgehead atoms. The van der Waals surface area contributed by atoms with Crippen molar-refractivity contribution in [3.05, 3.63) is 59.2 Å². The summed E-state index contributed by atoms with van der Waals surface area (Å²) in [7, 11) is -3.70. The quantitative estimate of drug-likeness (QED) is 0.736. The van der Waals surface area contributed by atoms with Gasteiger partial charge in [0.25, 0.3) is 15.9 Å². The number of sulfonamides is 1. The van der Waals surface area contributed by atoms with Gasteiger partial charge >= 0.3 is 0 Å². The molecule has 6 nitrogen and oxygen atoms in total. The number of anilines is 1. The maximum Gasteiger partial charge on any atom is 0.261 e. The highest BCUT2D eigenvalue weighted by Gasteiger charge is 2.18. The minimum Gasteiger partial charge on any atom is -0.348 e. The zero-order valence-electron chi connectivity index (χ0n) is 15.6. The van der Waals surface area contributed by atoms with Crippen LogP contribution in [0.3, 0.4) is 0 Å². The van der Waals surface area contributed by atoms with E-state index >= 15 is 0 Å². The normalized spacial score (nSPS) is 17.3. The standard InChI is InChI=1S/C20H25N3O3S/c1-14-5-8-17(12-15(14)2)23-27(25,26)19-9-6-16(7-10-19)20(24)22-18-4-3-11-21-13-18/h5-10,12,18,21,23H,3-4,11,13H2,1-2H3,(H,22,24)/t18-/m0/s1. The van der Waals surface area contributed by atoms with Crippen LogP contribution in [0.2, 0.25) is 0 Å². The maximum atomic E-state index is 12.6. The molecule has 0 unspecified atom stereocenters. The number of hydrogen-bond donors (Lipinski definition) is 3. The van der Waals surface area contributed by atoms with Gasteiger partial charge in [-0.25, -0.2) is 8.42 Å². The van der Waals surface area contributed by atoms with E-state index < -0.39 is 10.0 Å². The number of benzene rings is 2. The van der Waals surface area contributed by atoms with Crippen LogP contribution in [-0.2, 0) is 10.0 Å². The molecular formula is C20H25N3O3S. The molecule has 27 heavy (non-hydrogen) atoms. The van der Waals surface area contributed by atoms with Crippen LogP contribution in [0.25, 0.3) is 0 Å². The molecular weight excluding hydrogens is 362 g/mol. The van der Waals surface area contributed by atoms with Crippen molar-refractivity contribution in [2.45, 2.75) is 37.6 Å². The van der Waals surface area contributed by atoms with Gasteiger partial charge in [0.2, 0.25) is 0 Å². The molecule has 3 N–H and O–H groups in total. The Bertz CT molecular complexity index is 918. The predicted molar refractivity (Wildman–Crippen MR) is 107 cm³/mol. The molecule has 1 fully saturated rings. The van der Waals surface area contributed by atoms with Crippen LogP contribution in [0.5, 0.6) is 0 Å². The van der Waals surface area contributed by atoms with Crippen LogP contribution in [0.1, 0.15) is 34.3 Å². The van der Waals surface area contributed by atoms with Crippen LogP contribution in [0.15, 0.2) is 47.4 Å². The third-order valence-corrected chi connectivity index (χ3v) is 6.22. The maximum absolute atomic E-state index is 12.6. The number of aryl methyl sites for hydroxylation is 2. The average molecular weight is 388 g/mol. The lowest BCUT2D eigenvalue weighted by Crippen LogP contribution is -2.45. The molecule has 1 aliphatic heterocycles. The summed E-state index contributed by atoms with van der Waals surface area (Å²) in [4.78, 5) is 12.5. The first-order valence-corrected chi connectivity index (χ1v) is 10.6. The number of hydrogen-bond acceptors (Lipinski definition) is 4. The monoisotopic (exact) mass is 387 g/mol. The summed E-state index contributed by atoms with van der Waals surface area (Å²) < 4.78 is 27.7. The fourth-order valence-electron chi connectivity index (χ4n) is 3.05. The number of carbonyl (C=O) groups is 1. The minimum absolute atomic E-state index is 0.112. The van der Waals surface area contributed by atoms with Gasteiger partial charge in [0.05, 0.1) is 4.90 Å². The second-order valence-corrected chi connectivity index (χ2v) is 8.63. The van der Waals surface area contributed by atoms with E-state index in [-0.39, 0.29) is 16.8 Å². The number of nitrogens with one attached hydrogen (secondary N) is 3. The highest BCUT2D eigenvalue weighted by Crippen LogP contribution is 2.19. The van der Waals surface area contributed by atoms with Gasteiger partial charge in [0, 0.05) is 23.8 Å². The first-order chi connectivity index (χ1) is 12.8. The van der Waals surface area contributed by atoms with Crippen molar-refractivity contribution < 1.29 is 13.2 Å². The van der Waals surface area contributed by atoms with Gasteiger partial charge < -0.3 is 10.6 Å². The lowest BCUT2D eigenvalue weighted by Gasteiger charge is -2.23. The molecule has 0 spiro atoms. The first kappa shape index (κ1) is 19.4. The summed E-state index contributed by atoms with van der Waals surface area (Å²) in [6.07, 6.45) is 1.98. The van der Waals surface area contributed by atoms with Crippen molar-refractivity contribution in [3.63, 3.8) is 0 Å². The summed E-state index contributed by atoms with van der Waals surface area (Å²) >= 11 is 0. The van der Waals surface area contributed by atoms with Gasteiger partial charge in [-0.3, -0.25) is 9.52 Å². The van der Waals surface area contributed by atoms with E-state index in [4.69, 9.17) is 0 Å². The predicted octanol–water partition coefficient (Wildman–Crippen LogP) is 2.59. The summed E-state index contributed by atoms with van der Waals surface area (Å²) in [5.41, 5.74) is 3.08. The Morgan fingerprint density at radius 2 is 1.81 bits per heavy atom. The third kappa shape index (κ3) is 4.87. The Balaban J connectivity index is 1.69. The molecule has 2 aromatic rings. The Labute approximate surface area is 160 Å². The SMILES string of the molecule is Cc1ccc(NS(=O)(=O)c2ccc(C(=O)N[C@H]3CCCNC3)cc2)cc1C. The third-order valence-electron chi connectivity index (χ3n) is 4.82. The van der Waals surface area contributed by atoms with Gasteiger partial charge in [-0.1, -0.05) is 6.07 Å². The number of rotatable bonds is 5. The molecule has 0 aromatic heterocycles. The van der Waals surface area contributed by atoms with Crippen molar-refractivity contribution in [2.24, 2.45) is 0 Å². The fraction of sp³-hybridized carbons (Fsp3) is 0.350. The molecule has 3 rings (SSSR count). The molecule has 1 atom stereocenters. The van der Waals surface area contributed by atoms with E-state index in [0.29, 0.717) is 11.3 Å². The Morgan fingerprint density at radius 3 is 2.44 bits per heavy atom. The Hall–Kier alpha value is -2.38. The molecule has 0 aliphatic carbocycles. The van der Waals surface area contributed by atoms with Gasteiger partial charge in [0.1, 0.15) is 0 Å². The molecule has 1 saturated heterocycles. The van der Waals surface area contributed by atoms with E-state index in [1.165, 1.54) is 12.1 Å². The Morgan fingerprint density at radius 1 is 1.07 bits per heavy atom. The van der Waals surface area contributed by atoms with Crippen LogP contribution in [0, 0.1) is 13.8 Å². The van der Waals surface area contributed by atoms with Gasteiger partial charge in [-0.05, 0) is 80.8 Å². The Kier molecular flexibility index (Phi) is 5.82. The first-order valence-electron chi connectivity index (χ1n) is 9.07. The van der Waals surface area contributed by atoms with E-state index in [1.807, 2.05) is 19.9 Å². The van der Waals surface area contributed by atoms with Gasteiger partial charge in [-0.2, -0.15) is 0 Å². The molecule has 0 radical (unpaired) electrons. The topological polar surface area (TPSA) is 87.3 Å². The molecule has 0 saturated carbocycles. The minimum atomic E-state index is -3.70. The van der Waals surface area contributed by atoms with Gasteiger partial charge in [-0.15, -0.1) is 0 Å².